The Labute approximate surface area is 138 Å². The molecule has 6 heteroatoms. The molecule has 3 aliphatic rings. The molecule has 2 unspecified atom stereocenters. The first-order chi connectivity index (χ1) is 11.5. The van der Waals surface area contributed by atoms with E-state index in [0.717, 1.165) is 0 Å². The van der Waals surface area contributed by atoms with Crippen LogP contribution in [0.15, 0.2) is 30.4 Å². The highest BCUT2D eigenvalue weighted by molar-refractivity contribution is 6.21. The summed E-state index contributed by atoms with van der Waals surface area (Å²) in [5, 5.41) is 2.76. The molecular formula is C18H17NO5. The fourth-order valence-corrected chi connectivity index (χ4v) is 3.81. The van der Waals surface area contributed by atoms with Crippen LogP contribution < -0.4 is 14.8 Å². The number of anilines is 1. The van der Waals surface area contributed by atoms with E-state index in [1.165, 1.54) is 0 Å². The number of ether oxygens (including phenoxy) is 2. The predicted octanol–water partition coefficient (Wildman–Crippen LogP) is 1.89. The highest BCUT2D eigenvalue weighted by atomic mass is 16.6. The molecule has 1 aliphatic heterocycles. The normalized spacial score (nSPS) is 28.0. The number of nitrogens with one attached hydrogen (secondary N) is 1. The van der Waals surface area contributed by atoms with Crippen molar-refractivity contribution in [1.29, 1.82) is 0 Å². The van der Waals surface area contributed by atoms with Crippen LogP contribution in [0.1, 0.15) is 19.3 Å². The Morgan fingerprint density at radius 2 is 1.96 bits per heavy atom. The van der Waals surface area contributed by atoms with Gasteiger partial charge in [0, 0.05) is 24.6 Å². The molecule has 1 aromatic rings. The fraction of sp³-hybridized carbons (Fsp3) is 0.389. The van der Waals surface area contributed by atoms with Gasteiger partial charge in [-0.25, -0.2) is 0 Å². The second-order valence-electron chi connectivity index (χ2n) is 6.57. The van der Waals surface area contributed by atoms with Crippen molar-refractivity contribution < 1.29 is 23.9 Å². The number of carbonyl (C=O) groups is 3. The van der Waals surface area contributed by atoms with Gasteiger partial charge in [-0.15, -0.1) is 0 Å². The molecule has 0 saturated heterocycles. The highest BCUT2D eigenvalue weighted by Gasteiger charge is 2.58. The number of amides is 1. The van der Waals surface area contributed by atoms with E-state index >= 15 is 0 Å². The Kier molecular flexibility index (Phi) is 3.23. The van der Waals surface area contributed by atoms with Crippen LogP contribution in [0.4, 0.5) is 5.69 Å². The minimum atomic E-state index is -1.30. The van der Waals surface area contributed by atoms with E-state index in [2.05, 4.69) is 11.9 Å². The van der Waals surface area contributed by atoms with Gasteiger partial charge in [0.2, 0.25) is 5.91 Å². The molecule has 1 aromatic carbocycles. The first-order valence-corrected chi connectivity index (χ1v) is 7.96. The van der Waals surface area contributed by atoms with Crippen molar-refractivity contribution in [2.24, 2.45) is 11.3 Å². The summed E-state index contributed by atoms with van der Waals surface area (Å²) in [6.45, 7) is 4.72. The van der Waals surface area contributed by atoms with Gasteiger partial charge in [0.1, 0.15) is 24.4 Å². The highest BCUT2D eigenvalue weighted by Crippen LogP contribution is 2.50. The maximum absolute atomic E-state index is 12.8. The summed E-state index contributed by atoms with van der Waals surface area (Å²) in [4.78, 5) is 37.3. The second-order valence-corrected chi connectivity index (χ2v) is 6.57. The summed E-state index contributed by atoms with van der Waals surface area (Å²) >= 11 is 0. The van der Waals surface area contributed by atoms with Crippen LogP contribution in [0, 0.1) is 11.3 Å². The molecule has 0 aromatic heterocycles. The lowest BCUT2D eigenvalue weighted by Gasteiger charge is -2.29. The monoisotopic (exact) mass is 327 g/mol. The van der Waals surface area contributed by atoms with Gasteiger partial charge in [-0.1, -0.05) is 6.58 Å². The molecular weight excluding hydrogens is 310 g/mol. The van der Waals surface area contributed by atoms with Crippen molar-refractivity contribution in [2.45, 2.75) is 19.3 Å². The van der Waals surface area contributed by atoms with Gasteiger partial charge in [0.25, 0.3) is 0 Å². The fourth-order valence-electron chi connectivity index (χ4n) is 3.81. The molecule has 2 atom stereocenters. The van der Waals surface area contributed by atoms with Crippen molar-refractivity contribution >= 4 is 23.2 Å². The van der Waals surface area contributed by atoms with Gasteiger partial charge in [-0.05, 0) is 30.0 Å². The molecule has 1 N–H and O–H groups in total. The molecule has 0 spiro atoms. The Balaban J connectivity index is 1.61. The summed E-state index contributed by atoms with van der Waals surface area (Å²) < 4.78 is 10.9. The Hall–Kier alpha value is -2.63. The third kappa shape index (κ3) is 2.13. The van der Waals surface area contributed by atoms with E-state index in [9.17, 15) is 14.4 Å². The SMILES string of the molecule is C=C1C(=O)C2(C(=O)Nc3ccc4c(c3)OCCO4)CC(=O)CC1C2. The Morgan fingerprint density at radius 3 is 2.75 bits per heavy atom. The van der Waals surface area contributed by atoms with Crippen LogP contribution >= 0.6 is 0 Å². The van der Waals surface area contributed by atoms with Gasteiger partial charge in [0.05, 0.1) is 0 Å². The van der Waals surface area contributed by atoms with Crippen molar-refractivity contribution in [2.75, 3.05) is 18.5 Å². The zero-order valence-electron chi connectivity index (χ0n) is 13.1. The average Bonchev–Trinajstić information content (AvgIpc) is 2.76. The maximum atomic E-state index is 12.8. The minimum absolute atomic E-state index is 0.0439. The number of rotatable bonds is 2. The van der Waals surface area contributed by atoms with Crippen LogP contribution in [0.25, 0.3) is 0 Å². The van der Waals surface area contributed by atoms with Crippen LogP contribution in [-0.4, -0.2) is 30.7 Å². The number of allylic oxidation sites excluding steroid dienone is 1. The Morgan fingerprint density at radius 1 is 1.21 bits per heavy atom. The smallest absolute Gasteiger partial charge is 0.238 e. The summed E-state index contributed by atoms with van der Waals surface area (Å²) in [5.41, 5.74) is -0.388. The average molecular weight is 327 g/mol. The molecule has 6 nitrogen and oxygen atoms in total. The number of hydrogen-bond acceptors (Lipinski definition) is 5. The quantitative estimate of drug-likeness (QED) is 0.663. The first-order valence-electron chi connectivity index (χ1n) is 7.96. The van der Waals surface area contributed by atoms with Gasteiger partial charge < -0.3 is 14.8 Å². The number of ketones is 2. The summed E-state index contributed by atoms with van der Waals surface area (Å²) in [5.74, 6) is 0.168. The zero-order valence-corrected chi connectivity index (χ0v) is 13.1. The van der Waals surface area contributed by atoms with E-state index in [-0.39, 0.29) is 23.9 Å². The molecule has 1 amide bonds. The summed E-state index contributed by atoms with van der Waals surface area (Å²) in [7, 11) is 0. The summed E-state index contributed by atoms with van der Waals surface area (Å²) in [6.07, 6.45) is 0.633. The topological polar surface area (TPSA) is 81.7 Å². The number of fused-ring (bicyclic) bond motifs is 3. The standard InChI is InChI=1S/C18H17NO5/c1-10-11-6-13(20)9-18(8-11,16(10)21)17(22)19-12-2-3-14-15(7-12)24-5-4-23-14/h2-3,7,11H,1,4-6,8-9H2,(H,19,22). The lowest BCUT2D eigenvalue weighted by atomic mass is 9.74. The lowest BCUT2D eigenvalue weighted by Crippen LogP contribution is -2.43. The third-order valence-electron chi connectivity index (χ3n) is 5.02. The van der Waals surface area contributed by atoms with E-state index in [4.69, 9.17) is 9.47 Å². The molecule has 24 heavy (non-hydrogen) atoms. The van der Waals surface area contributed by atoms with Crippen molar-refractivity contribution in [1.82, 2.24) is 0 Å². The second kappa shape index (κ2) is 5.19. The Bertz CT molecular complexity index is 784. The lowest BCUT2D eigenvalue weighted by molar-refractivity contribution is -0.141. The molecule has 2 aliphatic carbocycles. The van der Waals surface area contributed by atoms with Crippen molar-refractivity contribution in [3.05, 3.63) is 30.4 Å². The number of Topliss-reactive ketones (excluding diaryl/α,β-unsaturated/α-hetero) is 2. The van der Waals surface area contributed by atoms with Gasteiger partial charge in [-0.2, -0.15) is 0 Å². The van der Waals surface area contributed by atoms with E-state index in [1.54, 1.807) is 18.2 Å². The largest absolute Gasteiger partial charge is 0.486 e. The third-order valence-corrected chi connectivity index (χ3v) is 5.02. The van der Waals surface area contributed by atoms with Crippen LogP contribution in [0.5, 0.6) is 11.5 Å². The molecule has 0 radical (unpaired) electrons. The van der Waals surface area contributed by atoms with E-state index in [0.29, 0.717) is 48.8 Å². The zero-order chi connectivity index (χ0) is 16.9. The van der Waals surface area contributed by atoms with Crippen LogP contribution in [0.3, 0.4) is 0 Å². The van der Waals surface area contributed by atoms with Gasteiger partial charge in [-0.3, -0.25) is 14.4 Å². The van der Waals surface area contributed by atoms with Gasteiger partial charge >= 0.3 is 0 Å². The van der Waals surface area contributed by atoms with E-state index in [1.807, 2.05) is 0 Å². The molecule has 4 rings (SSSR count). The van der Waals surface area contributed by atoms with Crippen LogP contribution in [-0.2, 0) is 14.4 Å². The molecule has 2 bridgehead atoms. The van der Waals surface area contributed by atoms with E-state index < -0.39 is 11.3 Å². The number of carbonyl (C=O) groups excluding carboxylic acids is 3. The van der Waals surface area contributed by atoms with Crippen molar-refractivity contribution in [3.63, 3.8) is 0 Å². The first kappa shape index (κ1) is 14.9. The predicted molar refractivity (Wildman–Crippen MR) is 85.0 cm³/mol. The van der Waals surface area contributed by atoms with Crippen LogP contribution in [0.2, 0.25) is 0 Å². The molecule has 1 heterocycles. The molecule has 124 valence electrons. The maximum Gasteiger partial charge on any atom is 0.238 e. The van der Waals surface area contributed by atoms with Gasteiger partial charge in [0.15, 0.2) is 17.3 Å². The molecule has 2 saturated carbocycles. The minimum Gasteiger partial charge on any atom is -0.486 e. The molecule has 2 fully saturated rings. The summed E-state index contributed by atoms with van der Waals surface area (Å²) in [6, 6.07) is 5.07. The van der Waals surface area contributed by atoms with Crippen molar-refractivity contribution in [3.8, 4) is 11.5 Å². The number of hydrogen-bond donors (Lipinski definition) is 1. The number of benzene rings is 1.